The van der Waals surface area contributed by atoms with Gasteiger partial charge in [0, 0.05) is 24.9 Å². The van der Waals surface area contributed by atoms with Crippen LogP contribution in [0.1, 0.15) is 53.8 Å². The van der Waals surface area contributed by atoms with Crippen molar-refractivity contribution in [1.29, 1.82) is 0 Å². The molecule has 0 saturated heterocycles. The van der Waals surface area contributed by atoms with Crippen molar-refractivity contribution < 1.29 is 19.8 Å². The number of aromatic hydroxyl groups is 2. The van der Waals surface area contributed by atoms with Crippen LogP contribution in [0.3, 0.4) is 0 Å². The summed E-state index contributed by atoms with van der Waals surface area (Å²) in [6.45, 7) is 5.36. The van der Waals surface area contributed by atoms with E-state index < -0.39 is 0 Å². The summed E-state index contributed by atoms with van der Waals surface area (Å²) in [6.07, 6.45) is 1.48. The second-order valence-electron chi connectivity index (χ2n) is 7.35. The highest BCUT2D eigenvalue weighted by molar-refractivity contribution is 5.99. The molecule has 4 N–H and O–H groups in total. The number of phenols is 2. The number of carbonyl (C=O) groups excluding carboxylic acids is 2. The third kappa shape index (κ3) is 7.33. The third-order valence-corrected chi connectivity index (χ3v) is 4.73. The number of phenolic OH excluding ortho intramolecular Hbond substituents is 2. The van der Waals surface area contributed by atoms with Crippen LogP contribution in [0.25, 0.3) is 0 Å². The molecule has 6 nitrogen and oxygen atoms in total. The van der Waals surface area contributed by atoms with Gasteiger partial charge < -0.3 is 20.8 Å². The van der Waals surface area contributed by atoms with E-state index in [1.54, 1.807) is 36.4 Å². The largest absolute Gasteiger partial charge is 0.507 e. The summed E-state index contributed by atoms with van der Waals surface area (Å²) in [6, 6.07) is 13.2. The Labute approximate surface area is 172 Å². The highest BCUT2D eigenvalue weighted by Gasteiger charge is 2.15. The maximum atomic E-state index is 12.2. The van der Waals surface area contributed by atoms with Gasteiger partial charge in [-0.25, -0.2) is 0 Å². The zero-order valence-corrected chi connectivity index (χ0v) is 17.0. The zero-order valence-electron chi connectivity index (χ0n) is 17.0. The minimum absolute atomic E-state index is 0.00200. The maximum Gasteiger partial charge on any atom is 0.168 e. The second-order valence-corrected chi connectivity index (χ2v) is 7.35. The molecule has 2 aromatic rings. The fourth-order valence-electron chi connectivity index (χ4n) is 3.12. The first kappa shape index (κ1) is 22.6. The number of ketones is 2. The predicted octanol–water partition coefficient (Wildman–Crippen LogP) is 3.29. The number of Topliss-reactive ketones (excluding diaryl/α,β-unsaturated/α-hetero) is 2. The molecule has 0 bridgehead atoms. The molecule has 2 atom stereocenters. The normalized spacial score (nSPS) is 13.0. The van der Waals surface area contributed by atoms with Crippen molar-refractivity contribution in [3.8, 4) is 11.5 Å². The molecule has 0 heterocycles. The fourth-order valence-corrected chi connectivity index (χ4v) is 3.12. The Balaban J connectivity index is 1.62. The minimum Gasteiger partial charge on any atom is -0.507 e. The lowest BCUT2D eigenvalue weighted by atomic mass is 10.0. The molecule has 0 saturated carbocycles. The lowest BCUT2D eigenvalue weighted by Gasteiger charge is -2.16. The fraction of sp³-hybridized carbons (Fsp3) is 0.391. The van der Waals surface area contributed by atoms with Gasteiger partial charge in [0.15, 0.2) is 11.6 Å². The molecule has 0 aliphatic carbocycles. The van der Waals surface area contributed by atoms with E-state index in [2.05, 4.69) is 10.6 Å². The van der Waals surface area contributed by atoms with Gasteiger partial charge >= 0.3 is 0 Å². The van der Waals surface area contributed by atoms with E-state index in [1.807, 2.05) is 13.8 Å². The number of hydrogen-bond acceptors (Lipinski definition) is 6. The van der Waals surface area contributed by atoms with Gasteiger partial charge in [0.1, 0.15) is 11.5 Å². The van der Waals surface area contributed by atoms with Crippen LogP contribution in [0, 0.1) is 0 Å². The van der Waals surface area contributed by atoms with E-state index >= 15 is 0 Å². The van der Waals surface area contributed by atoms with E-state index in [4.69, 9.17) is 0 Å². The number of para-hydroxylation sites is 2. The van der Waals surface area contributed by atoms with Crippen molar-refractivity contribution in [2.75, 3.05) is 13.1 Å². The minimum atomic E-state index is -0.0856. The third-order valence-electron chi connectivity index (χ3n) is 4.73. The van der Waals surface area contributed by atoms with Crippen LogP contribution in [0.4, 0.5) is 0 Å². The van der Waals surface area contributed by atoms with Crippen LogP contribution in [-0.4, -0.2) is 47.0 Å². The first-order chi connectivity index (χ1) is 13.9. The molecule has 2 unspecified atom stereocenters. The molecule has 0 aromatic heterocycles. The summed E-state index contributed by atoms with van der Waals surface area (Å²) in [5.41, 5.74) is 0.705. The zero-order chi connectivity index (χ0) is 21.2. The summed E-state index contributed by atoms with van der Waals surface area (Å²) in [7, 11) is 0. The molecule has 0 fully saturated rings. The SMILES string of the molecule is CC(CC(=O)c1ccccc1O)NCCCNC(C)CC(=O)c1ccccc1O. The number of nitrogens with one attached hydrogen (secondary N) is 2. The smallest absolute Gasteiger partial charge is 0.168 e. The number of hydrogen-bond donors (Lipinski definition) is 4. The van der Waals surface area contributed by atoms with Crippen LogP contribution in [0.2, 0.25) is 0 Å². The topological polar surface area (TPSA) is 98.7 Å². The Bertz CT molecular complexity index is 755. The van der Waals surface area contributed by atoms with Crippen LogP contribution >= 0.6 is 0 Å². The van der Waals surface area contributed by atoms with Crippen LogP contribution in [0.15, 0.2) is 48.5 Å². The lowest BCUT2D eigenvalue weighted by Crippen LogP contribution is -2.34. The van der Waals surface area contributed by atoms with Gasteiger partial charge in [-0.15, -0.1) is 0 Å². The van der Waals surface area contributed by atoms with Crippen molar-refractivity contribution in [1.82, 2.24) is 10.6 Å². The average Bonchev–Trinajstić information content (AvgIpc) is 2.68. The maximum absolute atomic E-state index is 12.2. The van der Waals surface area contributed by atoms with Gasteiger partial charge in [-0.1, -0.05) is 24.3 Å². The summed E-state index contributed by atoms with van der Waals surface area (Å²) in [5, 5.41) is 26.1. The van der Waals surface area contributed by atoms with Crippen molar-refractivity contribution >= 4 is 11.6 Å². The highest BCUT2D eigenvalue weighted by Crippen LogP contribution is 2.19. The van der Waals surface area contributed by atoms with Crippen molar-refractivity contribution in [2.45, 2.75) is 45.2 Å². The van der Waals surface area contributed by atoms with Crippen LogP contribution in [0.5, 0.6) is 11.5 Å². The van der Waals surface area contributed by atoms with E-state index in [9.17, 15) is 19.8 Å². The Morgan fingerprint density at radius 1 is 0.759 bits per heavy atom. The summed E-state index contributed by atoms with van der Waals surface area (Å²) in [4.78, 5) is 24.5. The van der Waals surface area contributed by atoms with Gasteiger partial charge in [0.2, 0.25) is 0 Å². The molecule has 6 heteroatoms. The lowest BCUT2D eigenvalue weighted by molar-refractivity contribution is 0.0961. The standard InChI is InChI=1S/C23H30N2O4/c1-16(14-22(28)18-8-3-5-10-20(18)26)24-12-7-13-25-17(2)15-23(29)19-9-4-6-11-21(19)27/h3-6,8-11,16-17,24-27H,7,12-15H2,1-2H3. The Morgan fingerprint density at radius 2 is 1.14 bits per heavy atom. The molecule has 156 valence electrons. The number of benzene rings is 2. The van der Waals surface area contributed by atoms with E-state index in [-0.39, 0.29) is 35.1 Å². The molecule has 29 heavy (non-hydrogen) atoms. The molecular weight excluding hydrogens is 368 g/mol. The van der Waals surface area contributed by atoms with E-state index in [0.29, 0.717) is 24.0 Å². The monoisotopic (exact) mass is 398 g/mol. The van der Waals surface area contributed by atoms with Crippen molar-refractivity contribution in [3.63, 3.8) is 0 Å². The summed E-state index contributed by atoms with van der Waals surface area (Å²) in [5.74, 6) is -0.141. The summed E-state index contributed by atoms with van der Waals surface area (Å²) >= 11 is 0. The van der Waals surface area contributed by atoms with Gasteiger partial charge in [-0.05, 0) is 57.6 Å². The highest BCUT2D eigenvalue weighted by atomic mass is 16.3. The quantitative estimate of drug-likeness (QED) is 0.323. The average molecular weight is 399 g/mol. The van der Waals surface area contributed by atoms with E-state index in [0.717, 1.165) is 19.5 Å². The van der Waals surface area contributed by atoms with Gasteiger partial charge in [0.05, 0.1) is 11.1 Å². The molecule has 2 rings (SSSR count). The Kier molecular flexibility index (Phi) is 8.83. The molecule has 0 amide bonds. The Morgan fingerprint density at radius 3 is 1.52 bits per heavy atom. The van der Waals surface area contributed by atoms with Crippen LogP contribution in [-0.2, 0) is 0 Å². The molecule has 0 radical (unpaired) electrons. The molecule has 0 aliphatic rings. The van der Waals surface area contributed by atoms with Gasteiger partial charge in [-0.2, -0.15) is 0 Å². The molecule has 0 spiro atoms. The first-order valence-corrected chi connectivity index (χ1v) is 9.97. The first-order valence-electron chi connectivity index (χ1n) is 9.97. The Hall–Kier alpha value is -2.70. The van der Waals surface area contributed by atoms with Gasteiger partial charge in [-0.3, -0.25) is 9.59 Å². The predicted molar refractivity (Wildman–Crippen MR) is 114 cm³/mol. The molecule has 0 aliphatic heterocycles. The van der Waals surface area contributed by atoms with Crippen molar-refractivity contribution in [3.05, 3.63) is 59.7 Å². The van der Waals surface area contributed by atoms with Gasteiger partial charge in [0.25, 0.3) is 0 Å². The van der Waals surface area contributed by atoms with Crippen molar-refractivity contribution in [2.24, 2.45) is 0 Å². The van der Waals surface area contributed by atoms with E-state index in [1.165, 1.54) is 12.1 Å². The summed E-state index contributed by atoms with van der Waals surface area (Å²) < 4.78 is 0. The molecular formula is C23H30N2O4. The molecule has 2 aromatic carbocycles. The van der Waals surface area contributed by atoms with Crippen LogP contribution < -0.4 is 10.6 Å². The number of rotatable bonds is 12. The number of carbonyl (C=O) groups is 2. The second kappa shape index (κ2) is 11.3.